The third kappa shape index (κ3) is 2.09. The van der Waals surface area contributed by atoms with Crippen molar-refractivity contribution in [3.63, 3.8) is 0 Å². The number of methoxy groups -OCH3 is 1. The Balaban J connectivity index is 2.07. The first-order valence-electron chi connectivity index (χ1n) is 6.51. The van der Waals surface area contributed by atoms with E-state index in [1.165, 1.54) is 13.4 Å². The highest BCUT2D eigenvalue weighted by Gasteiger charge is 2.43. The first kappa shape index (κ1) is 14.0. The maximum absolute atomic E-state index is 14.0. The van der Waals surface area contributed by atoms with Crippen molar-refractivity contribution in [1.29, 1.82) is 0 Å². The van der Waals surface area contributed by atoms with Gasteiger partial charge in [-0.25, -0.2) is 9.37 Å². The van der Waals surface area contributed by atoms with E-state index in [0.717, 1.165) is 0 Å². The number of nitrogen functional groups attached to an aromatic ring is 1. The number of nitrogens with two attached hydrogens (primary N) is 1. The summed E-state index contributed by atoms with van der Waals surface area (Å²) in [6.07, 6.45) is -1.27. The molecule has 3 N–H and O–H groups in total. The van der Waals surface area contributed by atoms with Crippen molar-refractivity contribution in [3.8, 4) is 5.88 Å². The zero-order valence-corrected chi connectivity index (χ0v) is 11.6. The lowest BCUT2D eigenvalue weighted by Gasteiger charge is -2.17. The summed E-state index contributed by atoms with van der Waals surface area (Å²) in [6, 6.07) is 0. The highest BCUT2D eigenvalue weighted by molar-refractivity contribution is 5.77. The van der Waals surface area contributed by atoms with Gasteiger partial charge in [0.2, 0.25) is 11.8 Å². The predicted molar refractivity (Wildman–Crippen MR) is 71.3 cm³/mol. The average molecular weight is 297 g/mol. The third-order valence-electron chi connectivity index (χ3n) is 3.68. The number of anilines is 1. The molecule has 114 valence electrons. The van der Waals surface area contributed by atoms with Gasteiger partial charge in [0.25, 0.3) is 0 Å². The molecule has 3 heterocycles. The Kier molecular flexibility index (Phi) is 3.38. The van der Waals surface area contributed by atoms with Gasteiger partial charge in [0, 0.05) is 5.92 Å². The molecule has 9 heteroatoms. The Morgan fingerprint density at radius 1 is 1.52 bits per heavy atom. The monoisotopic (exact) mass is 297 g/mol. The van der Waals surface area contributed by atoms with Crippen molar-refractivity contribution in [2.24, 2.45) is 5.92 Å². The number of halogens is 1. The summed E-state index contributed by atoms with van der Waals surface area (Å²) in [4.78, 5) is 12.2. The maximum atomic E-state index is 14.0. The SMILES string of the molecule is COc1nc(N)nc2c1ncn2[C@@H]1O[C@H](CO)[C@H](F)[C@@H]1C. The van der Waals surface area contributed by atoms with Crippen LogP contribution in [0, 0.1) is 5.92 Å². The third-order valence-corrected chi connectivity index (χ3v) is 3.68. The van der Waals surface area contributed by atoms with E-state index in [0.29, 0.717) is 11.2 Å². The standard InChI is InChI=1S/C12H16FN5O3/c1-5-7(13)6(3-19)21-11(5)18-4-15-8-9(18)16-12(14)17-10(8)20-2/h4-7,11,19H,3H2,1-2H3,(H2,14,16,17)/t5-,6+,7+,11+/m0/s1. The van der Waals surface area contributed by atoms with Crippen LogP contribution in [-0.2, 0) is 4.74 Å². The topological polar surface area (TPSA) is 108 Å². The van der Waals surface area contributed by atoms with E-state index in [1.807, 2.05) is 0 Å². The lowest BCUT2D eigenvalue weighted by Crippen LogP contribution is -2.24. The summed E-state index contributed by atoms with van der Waals surface area (Å²) in [5.74, 6) is -0.179. The van der Waals surface area contributed by atoms with Gasteiger partial charge in [-0.3, -0.25) is 4.57 Å². The second kappa shape index (κ2) is 5.08. The van der Waals surface area contributed by atoms with Crippen LogP contribution in [0.4, 0.5) is 10.3 Å². The van der Waals surface area contributed by atoms with Gasteiger partial charge in [-0.1, -0.05) is 6.92 Å². The second-order valence-electron chi connectivity index (χ2n) is 4.97. The molecule has 1 aliphatic heterocycles. The highest BCUT2D eigenvalue weighted by atomic mass is 19.1. The van der Waals surface area contributed by atoms with Gasteiger partial charge in [0.15, 0.2) is 11.2 Å². The van der Waals surface area contributed by atoms with Crippen LogP contribution in [0.5, 0.6) is 5.88 Å². The van der Waals surface area contributed by atoms with Crippen LogP contribution in [-0.4, -0.2) is 50.6 Å². The molecule has 0 saturated carbocycles. The number of alkyl halides is 1. The van der Waals surface area contributed by atoms with Crippen molar-refractivity contribution in [3.05, 3.63) is 6.33 Å². The molecule has 0 amide bonds. The zero-order chi connectivity index (χ0) is 15.1. The fourth-order valence-electron chi connectivity index (χ4n) is 2.57. The van der Waals surface area contributed by atoms with Gasteiger partial charge in [-0.05, 0) is 0 Å². The number of hydrogen-bond donors (Lipinski definition) is 2. The van der Waals surface area contributed by atoms with E-state index in [2.05, 4.69) is 15.0 Å². The van der Waals surface area contributed by atoms with E-state index in [-0.39, 0.29) is 18.4 Å². The Morgan fingerprint density at radius 3 is 2.90 bits per heavy atom. The van der Waals surface area contributed by atoms with Crippen LogP contribution in [0.3, 0.4) is 0 Å². The van der Waals surface area contributed by atoms with Gasteiger partial charge in [0.05, 0.1) is 20.0 Å². The molecule has 1 fully saturated rings. The van der Waals surface area contributed by atoms with E-state index >= 15 is 0 Å². The quantitative estimate of drug-likeness (QED) is 0.837. The fraction of sp³-hybridized carbons (Fsp3) is 0.583. The molecule has 2 aromatic heterocycles. The molecule has 8 nitrogen and oxygen atoms in total. The molecule has 0 radical (unpaired) electrons. The summed E-state index contributed by atoms with van der Waals surface area (Å²) in [5, 5.41) is 9.15. The molecule has 0 unspecified atom stereocenters. The molecule has 1 aliphatic rings. The normalized spacial score (nSPS) is 29.1. The van der Waals surface area contributed by atoms with Crippen LogP contribution in [0.15, 0.2) is 6.33 Å². The Bertz CT molecular complexity index is 664. The molecular weight excluding hydrogens is 281 g/mol. The average Bonchev–Trinajstić information content (AvgIpc) is 3.01. The maximum Gasteiger partial charge on any atom is 0.246 e. The van der Waals surface area contributed by atoms with Crippen LogP contribution in [0.1, 0.15) is 13.2 Å². The number of hydrogen-bond acceptors (Lipinski definition) is 7. The minimum Gasteiger partial charge on any atom is -0.479 e. The van der Waals surface area contributed by atoms with E-state index in [9.17, 15) is 4.39 Å². The van der Waals surface area contributed by atoms with Gasteiger partial charge >= 0.3 is 0 Å². The number of rotatable bonds is 3. The van der Waals surface area contributed by atoms with Crippen molar-refractivity contribution < 1.29 is 19.0 Å². The first-order chi connectivity index (χ1) is 10.1. The van der Waals surface area contributed by atoms with E-state index in [4.69, 9.17) is 20.3 Å². The van der Waals surface area contributed by atoms with Gasteiger partial charge < -0.3 is 20.3 Å². The smallest absolute Gasteiger partial charge is 0.246 e. The molecule has 0 aromatic carbocycles. The van der Waals surface area contributed by atoms with Crippen LogP contribution < -0.4 is 10.5 Å². The van der Waals surface area contributed by atoms with E-state index < -0.39 is 24.4 Å². The van der Waals surface area contributed by atoms with Gasteiger partial charge in [-0.15, -0.1) is 0 Å². The van der Waals surface area contributed by atoms with Crippen LogP contribution in [0.25, 0.3) is 11.2 Å². The lowest BCUT2D eigenvalue weighted by atomic mass is 10.0. The van der Waals surface area contributed by atoms with Crippen molar-refractivity contribution in [2.45, 2.75) is 25.4 Å². The molecule has 0 bridgehead atoms. The summed E-state index contributed by atoms with van der Waals surface area (Å²) < 4.78 is 26.3. The highest BCUT2D eigenvalue weighted by Crippen LogP contribution is 2.38. The number of aliphatic hydroxyl groups is 1. The molecule has 0 spiro atoms. The zero-order valence-electron chi connectivity index (χ0n) is 11.6. The second-order valence-corrected chi connectivity index (χ2v) is 4.97. The Labute approximate surface area is 119 Å². The number of aromatic nitrogens is 4. The number of fused-ring (bicyclic) bond motifs is 1. The largest absolute Gasteiger partial charge is 0.479 e. The molecule has 1 saturated heterocycles. The van der Waals surface area contributed by atoms with Crippen LogP contribution in [0.2, 0.25) is 0 Å². The van der Waals surface area contributed by atoms with E-state index in [1.54, 1.807) is 11.5 Å². The van der Waals surface area contributed by atoms with Crippen LogP contribution >= 0.6 is 0 Å². The number of aliphatic hydroxyl groups excluding tert-OH is 1. The number of ether oxygens (including phenoxy) is 2. The van der Waals surface area contributed by atoms with Crippen molar-refractivity contribution >= 4 is 17.1 Å². The minimum absolute atomic E-state index is 0.0299. The summed E-state index contributed by atoms with van der Waals surface area (Å²) in [6.45, 7) is 1.33. The summed E-state index contributed by atoms with van der Waals surface area (Å²) in [7, 11) is 1.45. The summed E-state index contributed by atoms with van der Waals surface area (Å²) >= 11 is 0. The fourth-order valence-corrected chi connectivity index (χ4v) is 2.57. The minimum atomic E-state index is -1.27. The van der Waals surface area contributed by atoms with Crippen molar-refractivity contribution in [1.82, 2.24) is 19.5 Å². The summed E-state index contributed by atoms with van der Waals surface area (Å²) in [5.41, 5.74) is 6.47. The van der Waals surface area contributed by atoms with Crippen molar-refractivity contribution in [2.75, 3.05) is 19.5 Å². The van der Waals surface area contributed by atoms with Gasteiger partial charge in [-0.2, -0.15) is 9.97 Å². The molecule has 4 atom stereocenters. The Morgan fingerprint density at radius 2 is 2.29 bits per heavy atom. The number of imidazole rings is 1. The van der Waals surface area contributed by atoms with Gasteiger partial charge in [0.1, 0.15) is 18.5 Å². The Hall–Kier alpha value is -2.00. The molecule has 0 aliphatic carbocycles. The molecule has 21 heavy (non-hydrogen) atoms. The number of nitrogens with zero attached hydrogens (tertiary/aromatic N) is 4. The molecular formula is C12H16FN5O3. The molecule has 3 rings (SSSR count). The molecule has 2 aromatic rings. The predicted octanol–water partition coefficient (Wildman–Crippen LogP) is 0.281. The first-order valence-corrected chi connectivity index (χ1v) is 6.51. The lowest BCUT2D eigenvalue weighted by molar-refractivity contribution is -0.0366.